The maximum Gasteiger partial charge on any atom is 0.347 e. The average molecular weight is 523 g/mol. The van der Waals surface area contributed by atoms with Gasteiger partial charge in [-0.25, -0.2) is 9.59 Å². The van der Waals surface area contributed by atoms with Crippen LogP contribution in [0.5, 0.6) is 0 Å². The lowest BCUT2D eigenvalue weighted by Crippen LogP contribution is -2.46. The number of esters is 2. The minimum Gasteiger partial charge on any atom is -0.459 e. The molecular formula is C21H16Cl3F2NO6. The van der Waals surface area contributed by atoms with Crippen LogP contribution in [0.2, 0.25) is 0 Å². The van der Waals surface area contributed by atoms with Crippen molar-refractivity contribution in [2.75, 3.05) is 6.61 Å². The maximum atomic E-state index is 15.1. The average Bonchev–Trinajstić information content (AvgIpc) is 3.01. The molecule has 1 fully saturated rings. The van der Waals surface area contributed by atoms with E-state index in [9.17, 15) is 9.59 Å². The second kappa shape index (κ2) is 10.2. The van der Waals surface area contributed by atoms with Crippen LogP contribution in [0.25, 0.3) is 0 Å². The molecule has 0 radical (unpaired) electrons. The molecule has 1 aliphatic heterocycles. The van der Waals surface area contributed by atoms with Crippen molar-refractivity contribution >= 4 is 52.6 Å². The highest BCUT2D eigenvalue weighted by molar-refractivity contribution is 6.76. The predicted octanol–water partition coefficient (Wildman–Crippen LogP) is 4.79. The molecule has 7 nitrogen and oxygen atoms in total. The number of halogens is 5. The molecule has 12 heteroatoms. The number of hydrogen-bond donors (Lipinski definition) is 1. The van der Waals surface area contributed by atoms with Crippen molar-refractivity contribution in [2.24, 2.45) is 0 Å². The zero-order valence-electron chi connectivity index (χ0n) is 16.6. The van der Waals surface area contributed by atoms with Crippen LogP contribution in [-0.2, 0) is 18.9 Å². The predicted molar refractivity (Wildman–Crippen MR) is 115 cm³/mol. The fraction of sp³-hybridized carbons (Fsp3) is 0.286. The van der Waals surface area contributed by atoms with Gasteiger partial charge < -0.3 is 18.9 Å². The third-order valence-corrected chi connectivity index (χ3v) is 4.96. The molecule has 176 valence electrons. The Morgan fingerprint density at radius 3 is 1.97 bits per heavy atom. The summed E-state index contributed by atoms with van der Waals surface area (Å²) in [5, 5.41) is 7.55. The fourth-order valence-corrected chi connectivity index (χ4v) is 2.97. The van der Waals surface area contributed by atoms with Crippen LogP contribution in [0.3, 0.4) is 0 Å². The summed E-state index contributed by atoms with van der Waals surface area (Å²) >= 11 is 16.5. The zero-order chi connectivity index (χ0) is 24.2. The van der Waals surface area contributed by atoms with E-state index in [0.717, 1.165) is 0 Å². The lowest BCUT2D eigenvalue weighted by molar-refractivity contribution is -0.192. The SMILES string of the molecule is N=C(OC1OC(COC(=O)c2ccccc2)C(OC(=O)c2ccccc2)C1(F)F)C(Cl)(Cl)Cl. The van der Waals surface area contributed by atoms with Crippen LogP contribution in [0.1, 0.15) is 20.7 Å². The Labute approximate surface area is 201 Å². The van der Waals surface area contributed by atoms with Crippen molar-refractivity contribution in [3.05, 3.63) is 71.8 Å². The standard InChI is InChI=1S/C21H16Cl3F2NO6/c22-21(23,24)18(27)33-19-20(25,26)15(32-17(29)13-9-5-2-6-10-13)14(31-19)11-30-16(28)12-7-3-1-4-8-12/h1-10,14-15,19,27H,11H2. The topological polar surface area (TPSA) is 94.9 Å². The van der Waals surface area contributed by atoms with Crippen LogP contribution < -0.4 is 0 Å². The van der Waals surface area contributed by atoms with Crippen molar-refractivity contribution in [1.82, 2.24) is 0 Å². The van der Waals surface area contributed by atoms with Gasteiger partial charge >= 0.3 is 17.9 Å². The number of hydrogen-bond acceptors (Lipinski definition) is 7. The third-order valence-electron chi connectivity index (χ3n) is 4.44. The minimum absolute atomic E-state index is 0.00623. The molecular weight excluding hydrogens is 507 g/mol. The summed E-state index contributed by atoms with van der Waals surface area (Å²) in [7, 11) is 0. The van der Waals surface area contributed by atoms with Gasteiger partial charge in [-0.05, 0) is 24.3 Å². The van der Waals surface area contributed by atoms with Crippen LogP contribution in [0, 0.1) is 5.41 Å². The molecule has 1 saturated heterocycles. The van der Waals surface area contributed by atoms with Gasteiger partial charge in [-0.15, -0.1) is 0 Å². The van der Waals surface area contributed by atoms with E-state index < -0.39 is 52.7 Å². The number of benzene rings is 2. The quantitative estimate of drug-likeness (QED) is 0.254. The van der Waals surface area contributed by atoms with Crippen molar-refractivity contribution in [2.45, 2.75) is 28.2 Å². The molecule has 2 aromatic carbocycles. The number of ether oxygens (including phenoxy) is 4. The Hall–Kier alpha value is -2.46. The van der Waals surface area contributed by atoms with Crippen molar-refractivity contribution in [3.63, 3.8) is 0 Å². The fourth-order valence-electron chi connectivity index (χ4n) is 2.84. The van der Waals surface area contributed by atoms with Crippen molar-refractivity contribution in [3.8, 4) is 0 Å². The molecule has 2 aromatic rings. The summed E-state index contributed by atoms with van der Waals surface area (Å²) in [6, 6.07) is 15.2. The second-order valence-electron chi connectivity index (χ2n) is 6.78. The van der Waals surface area contributed by atoms with Gasteiger partial charge in [0.05, 0.1) is 11.1 Å². The van der Waals surface area contributed by atoms with E-state index in [1.807, 2.05) is 0 Å². The van der Waals surface area contributed by atoms with Crippen molar-refractivity contribution in [1.29, 1.82) is 5.41 Å². The molecule has 0 spiro atoms. The van der Waals surface area contributed by atoms with Gasteiger partial charge in [-0.3, -0.25) is 5.41 Å². The molecule has 0 aromatic heterocycles. The first-order chi connectivity index (χ1) is 15.5. The van der Waals surface area contributed by atoms with Crippen LogP contribution >= 0.6 is 34.8 Å². The second-order valence-corrected chi connectivity index (χ2v) is 9.06. The Bertz CT molecular complexity index is 1000. The van der Waals surface area contributed by atoms with Gasteiger partial charge in [0, 0.05) is 0 Å². The molecule has 0 bridgehead atoms. The Kier molecular flexibility index (Phi) is 7.79. The number of rotatable bonds is 6. The molecule has 1 aliphatic rings. The largest absolute Gasteiger partial charge is 0.459 e. The lowest BCUT2D eigenvalue weighted by atomic mass is 10.1. The smallest absolute Gasteiger partial charge is 0.347 e. The molecule has 1 N–H and O–H groups in total. The van der Waals surface area contributed by atoms with Crippen LogP contribution in [0.4, 0.5) is 8.78 Å². The van der Waals surface area contributed by atoms with E-state index in [1.54, 1.807) is 24.3 Å². The summed E-state index contributed by atoms with van der Waals surface area (Å²) in [4.78, 5) is 24.6. The molecule has 1 heterocycles. The first kappa shape index (κ1) is 25.2. The molecule has 0 aliphatic carbocycles. The minimum atomic E-state index is -3.99. The van der Waals surface area contributed by atoms with Gasteiger partial charge in [0.15, 0.2) is 0 Å². The highest BCUT2D eigenvalue weighted by atomic mass is 35.6. The van der Waals surface area contributed by atoms with E-state index in [2.05, 4.69) is 0 Å². The normalized spacial score (nSPS) is 21.8. The van der Waals surface area contributed by atoms with Gasteiger partial charge in [0.1, 0.15) is 12.7 Å². The molecule has 0 amide bonds. The summed E-state index contributed by atoms with van der Waals surface area (Å²) in [5.74, 6) is -7.00. The summed E-state index contributed by atoms with van der Waals surface area (Å²) in [5.41, 5.74) is 0.178. The van der Waals surface area contributed by atoms with Crippen LogP contribution in [-0.4, -0.2) is 52.7 Å². The lowest BCUT2D eigenvalue weighted by Gasteiger charge is -2.24. The molecule has 3 atom stereocenters. The Morgan fingerprint density at radius 1 is 0.939 bits per heavy atom. The monoisotopic (exact) mass is 521 g/mol. The number of carbonyl (C=O) groups is 2. The van der Waals surface area contributed by atoms with Gasteiger partial charge in [-0.2, -0.15) is 8.78 Å². The highest BCUT2D eigenvalue weighted by Gasteiger charge is 2.64. The summed E-state index contributed by atoms with van der Waals surface area (Å²) < 4.78 is 47.7. The molecule has 33 heavy (non-hydrogen) atoms. The Balaban J connectivity index is 1.79. The van der Waals surface area contributed by atoms with E-state index >= 15 is 8.78 Å². The third kappa shape index (κ3) is 6.11. The van der Waals surface area contributed by atoms with E-state index in [-0.39, 0.29) is 11.1 Å². The van der Waals surface area contributed by atoms with E-state index in [0.29, 0.717) is 0 Å². The number of nitrogens with one attached hydrogen (secondary N) is 1. The highest BCUT2D eigenvalue weighted by Crippen LogP contribution is 2.41. The summed E-state index contributed by atoms with van der Waals surface area (Å²) in [6.45, 7) is -0.711. The maximum absolute atomic E-state index is 15.1. The van der Waals surface area contributed by atoms with E-state index in [1.165, 1.54) is 36.4 Å². The summed E-state index contributed by atoms with van der Waals surface area (Å²) in [6.07, 6.45) is -6.33. The van der Waals surface area contributed by atoms with Gasteiger partial charge in [0.25, 0.3) is 10.1 Å². The van der Waals surface area contributed by atoms with Crippen LogP contribution in [0.15, 0.2) is 60.7 Å². The number of alkyl halides is 5. The van der Waals surface area contributed by atoms with Gasteiger partial charge in [-0.1, -0.05) is 71.2 Å². The molecule has 0 saturated carbocycles. The van der Waals surface area contributed by atoms with Crippen molar-refractivity contribution < 1.29 is 37.3 Å². The zero-order valence-corrected chi connectivity index (χ0v) is 18.8. The van der Waals surface area contributed by atoms with Gasteiger partial charge in [0.2, 0.25) is 12.0 Å². The first-order valence-electron chi connectivity index (χ1n) is 9.34. The first-order valence-corrected chi connectivity index (χ1v) is 10.5. The van der Waals surface area contributed by atoms with E-state index in [4.69, 9.17) is 59.2 Å². The molecule has 3 rings (SSSR count). The molecule has 3 unspecified atom stereocenters. The Morgan fingerprint density at radius 2 is 1.45 bits per heavy atom. The number of carbonyl (C=O) groups excluding carboxylic acids is 2.